The second-order valence-corrected chi connectivity index (χ2v) is 6.57. The molecule has 124 valence electrons. The standard InChI is InChI=1S/C16H17N5O2S/c1-8(2)23-16(22)21-14-9(3)18-7-12(19-14)10-4-5-11-13(6-10)24-15(17)20-11/h4-8H,1-3H3,(H2,17,20)(H,19,21,22). The Kier molecular flexibility index (Phi) is 4.30. The minimum atomic E-state index is -0.551. The van der Waals surface area contributed by atoms with Gasteiger partial charge in [-0.15, -0.1) is 0 Å². The topological polar surface area (TPSA) is 103 Å². The van der Waals surface area contributed by atoms with Crippen LogP contribution in [0, 0.1) is 6.92 Å². The summed E-state index contributed by atoms with van der Waals surface area (Å²) in [6, 6.07) is 5.75. The van der Waals surface area contributed by atoms with Crippen LogP contribution < -0.4 is 11.1 Å². The van der Waals surface area contributed by atoms with Crippen LogP contribution >= 0.6 is 11.3 Å². The number of rotatable bonds is 3. The van der Waals surface area contributed by atoms with E-state index >= 15 is 0 Å². The van der Waals surface area contributed by atoms with Crippen molar-refractivity contribution in [3.8, 4) is 11.3 Å². The summed E-state index contributed by atoms with van der Waals surface area (Å²) < 4.78 is 6.05. The van der Waals surface area contributed by atoms with E-state index in [1.165, 1.54) is 11.3 Å². The molecule has 8 heteroatoms. The first-order valence-electron chi connectivity index (χ1n) is 7.40. The lowest BCUT2D eigenvalue weighted by Crippen LogP contribution is -2.19. The highest BCUT2D eigenvalue weighted by Gasteiger charge is 2.12. The van der Waals surface area contributed by atoms with E-state index in [1.807, 2.05) is 18.2 Å². The number of hydrogen-bond donors (Lipinski definition) is 2. The van der Waals surface area contributed by atoms with Gasteiger partial charge in [0, 0.05) is 5.56 Å². The van der Waals surface area contributed by atoms with Crippen LogP contribution in [-0.4, -0.2) is 27.1 Å². The average molecular weight is 343 g/mol. The Morgan fingerprint density at radius 3 is 2.88 bits per heavy atom. The molecule has 1 amide bonds. The monoisotopic (exact) mass is 343 g/mol. The average Bonchev–Trinajstić information content (AvgIpc) is 2.87. The lowest BCUT2D eigenvalue weighted by molar-refractivity contribution is 0.130. The lowest BCUT2D eigenvalue weighted by Gasteiger charge is -2.11. The molecule has 0 aliphatic heterocycles. The highest BCUT2D eigenvalue weighted by molar-refractivity contribution is 7.22. The molecule has 7 nitrogen and oxygen atoms in total. The van der Waals surface area contributed by atoms with Crippen LogP contribution in [0.2, 0.25) is 0 Å². The Morgan fingerprint density at radius 2 is 2.12 bits per heavy atom. The number of carbonyl (C=O) groups excluding carboxylic acids is 1. The first-order valence-corrected chi connectivity index (χ1v) is 8.22. The summed E-state index contributed by atoms with van der Waals surface area (Å²) in [5.41, 5.74) is 8.72. The number of amides is 1. The van der Waals surface area contributed by atoms with E-state index in [2.05, 4.69) is 20.3 Å². The third kappa shape index (κ3) is 3.43. The van der Waals surface area contributed by atoms with Crippen LogP contribution in [0.25, 0.3) is 21.5 Å². The van der Waals surface area contributed by atoms with E-state index < -0.39 is 6.09 Å². The first kappa shape index (κ1) is 16.1. The molecule has 0 spiro atoms. The molecule has 2 heterocycles. The van der Waals surface area contributed by atoms with Crippen molar-refractivity contribution < 1.29 is 9.53 Å². The minimum Gasteiger partial charge on any atom is -0.447 e. The van der Waals surface area contributed by atoms with Crippen LogP contribution in [0.1, 0.15) is 19.5 Å². The van der Waals surface area contributed by atoms with Crippen LogP contribution in [0.5, 0.6) is 0 Å². The number of carbonyl (C=O) groups is 1. The van der Waals surface area contributed by atoms with E-state index in [1.54, 1.807) is 27.0 Å². The molecule has 3 aromatic rings. The Morgan fingerprint density at radius 1 is 1.33 bits per heavy atom. The predicted octanol–water partition coefficient (Wildman–Crippen LogP) is 3.60. The van der Waals surface area contributed by atoms with Crippen molar-refractivity contribution in [1.82, 2.24) is 15.0 Å². The fourth-order valence-corrected chi connectivity index (χ4v) is 2.92. The fraction of sp³-hybridized carbons (Fsp3) is 0.250. The summed E-state index contributed by atoms with van der Waals surface area (Å²) in [6.45, 7) is 5.34. The summed E-state index contributed by atoms with van der Waals surface area (Å²) >= 11 is 1.41. The number of ether oxygens (including phenoxy) is 1. The molecule has 3 rings (SSSR count). The smallest absolute Gasteiger partial charge is 0.413 e. The molecule has 3 N–H and O–H groups in total. The summed E-state index contributed by atoms with van der Waals surface area (Å²) in [7, 11) is 0. The maximum absolute atomic E-state index is 11.8. The molecule has 0 radical (unpaired) electrons. The molecule has 0 bridgehead atoms. The van der Waals surface area contributed by atoms with Gasteiger partial charge < -0.3 is 10.5 Å². The van der Waals surface area contributed by atoms with Crippen molar-refractivity contribution in [3.63, 3.8) is 0 Å². The Balaban J connectivity index is 1.92. The van der Waals surface area contributed by atoms with Gasteiger partial charge in [0.2, 0.25) is 0 Å². The molecule has 0 aliphatic rings. The molecular formula is C16H17N5O2S. The van der Waals surface area contributed by atoms with E-state index in [0.717, 1.165) is 15.8 Å². The third-order valence-electron chi connectivity index (χ3n) is 3.22. The molecule has 0 fully saturated rings. The molecule has 24 heavy (non-hydrogen) atoms. The van der Waals surface area contributed by atoms with Crippen LogP contribution in [0.4, 0.5) is 15.7 Å². The van der Waals surface area contributed by atoms with Crippen molar-refractivity contribution in [1.29, 1.82) is 0 Å². The van der Waals surface area contributed by atoms with Crippen LogP contribution in [-0.2, 0) is 4.74 Å². The number of thiazole rings is 1. The van der Waals surface area contributed by atoms with Gasteiger partial charge in [0.05, 0.1) is 33.9 Å². The van der Waals surface area contributed by atoms with E-state index in [9.17, 15) is 4.79 Å². The summed E-state index contributed by atoms with van der Waals surface area (Å²) in [6.07, 6.45) is 0.908. The summed E-state index contributed by atoms with van der Waals surface area (Å²) in [4.78, 5) is 24.8. The Hall–Kier alpha value is -2.74. The predicted molar refractivity (Wildman–Crippen MR) is 95.0 cm³/mol. The van der Waals surface area contributed by atoms with Gasteiger partial charge in [0.25, 0.3) is 0 Å². The number of hydrogen-bond acceptors (Lipinski definition) is 7. The summed E-state index contributed by atoms with van der Waals surface area (Å²) in [5.74, 6) is 0.377. The highest BCUT2D eigenvalue weighted by Crippen LogP contribution is 2.29. The van der Waals surface area contributed by atoms with Crippen molar-refractivity contribution in [2.24, 2.45) is 0 Å². The van der Waals surface area contributed by atoms with Crippen LogP contribution in [0.3, 0.4) is 0 Å². The van der Waals surface area contributed by atoms with E-state index in [-0.39, 0.29) is 6.10 Å². The van der Waals surface area contributed by atoms with Gasteiger partial charge in [-0.25, -0.2) is 14.8 Å². The minimum absolute atomic E-state index is 0.208. The number of aryl methyl sites for hydroxylation is 1. The van der Waals surface area contributed by atoms with Crippen molar-refractivity contribution in [3.05, 3.63) is 30.1 Å². The number of aromatic nitrogens is 3. The molecule has 0 saturated heterocycles. The number of nitrogens with zero attached hydrogens (tertiary/aromatic N) is 3. The maximum Gasteiger partial charge on any atom is 0.413 e. The molecule has 0 aliphatic carbocycles. The molecule has 0 saturated carbocycles. The number of anilines is 2. The number of nitrogens with two attached hydrogens (primary N) is 1. The zero-order chi connectivity index (χ0) is 17.3. The molecule has 2 aromatic heterocycles. The molecule has 0 atom stereocenters. The zero-order valence-electron chi connectivity index (χ0n) is 13.5. The van der Waals surface area contributed by atoms with E-state index in [0.29, 0.717) is 22.3 Å². The number of nitrogen functional groups attached to an aromatic ring is 1. The molecular weight excluding hydrogens is 326 g/mol. The Bertz CT molecular complexity index is 907. The number of fused-ring (bicyclic) bond motifs is 1. The third-order valence-corrected chi connectivity index (χ3v) is 4.07. The van der Waals surface area contributed by atoms with Crippen LogP contribution in [0.15, 0.2) is 24.4 Å². The second kappa shape index (κ2) is 6.40. The normalized spacial score (nSPS) is 11.0. The van der Waals surface area contributed by atoms with Gasteiger partial charge in [-0.3, -0.25) is 10.3 Å². The second-order valence-electron chi connectivity index (χ2n) is 5.50. The van der Waals surface area contributed by atoms with E-state index in [4.69, 9.17) is 10.5 Å². The maximum atomic E-state index is 11.8. The quantitative estimate of drug-likeness (QED) is 0.753. The highest BCUT2D eigenvalue weighted by atomic mass is 32.1. The first-order chi connectivity index (χ1) is 11.4. The van der Waals surface area contributed by atoms with Gasteiger partial charge in [-0.05, 0) is 32.9 Å². The van der Waals surface area contributed by atoms with Gasteiger partial charge >= 0.3 is 6.09 Å². The molecule has 1 aromatic carbocycles. The van der Waals surface area contributed by atoms with Gasteiger partial charge in [0.1, 0.15) is 0 Å². The largest absolute Gasteiger partial charge is 0.447 e. The fourth-order valence-electron chi connectivity index (χ4n) is 2.15. The summed E-state index contributed by atoms with van der Waals surface area (Å²) in [5, 5.41) is 3.15. The Labute approximate surface area is 142 Å². The van der Waals surface area contributed by atoms with Gasteiger partial charge in [-0.1, -0.05) is 17.4 Å². The number of nitrogens with one attached hydrogen (secondary N) is 1. The van der Waals surface area contributed by atoms with Gasteiger partial charge in [-0.2, -0.15) is 0 Å². The van der Waals surface area contributed by atoms with Crippen molar-refractivity contribution >= 4 is 38.6 Å². The lowest BCUT2D eigenvalue weighted by atomic mass is 10.1. The SMILES string of the molecule is Cc1ncc(-c2ccc3nc(N)sc3c2)nc1NC(=O)OC(C)C. The van der Waals surface area contributed by atoms with Gasteiger partial charge in [0.15, 0.2) is 10.9 Å². The van der Waals surface area contributed by atoms with Crippen molar-refractivity contribution in [2.45, 2.75) is 26.9 Å². The number of benzene rings is 1. The zero-order valence-corrected chi connectivity index (χ0v) is 14.3. The molecule has 0 unspecified atom stereocenters. The van der Waals surface area contributed by atoms with Crippen molar-refractivity contribution in [2.75, 3.05) is 11.1 Å².